The van der Waals surface area contributed by atoms with E-state index in [0.717, 1.165) is 35.7 Å². The van der Waals surface area contributed by atoms with Crippen LogP contribution in [0.3, 0.4) is 0 Å². The molecule has 1 spiro atoms. The Morgan fingerprint density at radius 2 is 2.28 bits per heavy atom. The molecule has 4 heteroatoms. The minimum atomic E-state index is -0.0666. The van der Waals surface area contributed by atoms with E-state index in [-0.39, 0.29) is 11.6 Å². The van der Waals surface area contributed by atoms with Crippen LogP contribution >= 0.6 is 11.8 Å². The number of nitrogens with two attached hydrogens (primary N) is 1. The molecule has 2 heterocycles. The Balaban J connectivity index is 1.95. The fourth-order valence-corrected chi connectivity index (χ4v) is 4.28. The summed E-state index contributed by atoms with van der Waals surface area (Å²) < 4.78 is 11.5. The van der Waals surface area contributed by atoms with Crippen molar-refractivity contribution in [3.63, 3.8) is 0 Å². The Kier molecular flexibility index (Phi) is 2.94. The Morgan fingerprint density at radius 3 is 2.94 bits per heavy atom. The normalized spacial score (nSPS) is 34.2. The number of thioether (sulfide) groups is 1. The third-order valence-electron chi connectivity index (χ3n) is 3.83. The minimum absolute atomic E-state index is 0.0666. The van der Waals surface area contributed by atoms with Gasteiger partial charge in [-0.1, -0.05) is 13.0 Å². The molecule has 3 atom stereocenters. The first-order valence-electron chi connectivity index (χ1n) is 6.36. The van der Waals surface area contributed by atoms with E-state index in [9.17, 15) is 0 Å². The van der Waals surface area contributed by atoms with E-state index < -0.39 is 0 Å². The average molecular weight is 265 g/mol. The quantitative estimate of drug-likeness (QED) is 0.848. The third kappa shape index (κ3) is 1.97. The van der Waals surface area contributed by atoms with Gasteiger partial charge in [-0.05, 0) is 12.5 Å². The van der Waals surface area contributed by atoms with Gasteiger partial charge in [0, 0.05) is 35.1 Å². The van der Waals surface area contributed by atoms with Crippen molar-refractivity contribution < 1.29 is 9.47 Å². The van der Waals surface area contributed by atoms with Gasteiger partial charge in [-0.15, -0.1) is 0 Å². The summed E-state index contributed by atoms with van der Waals surface area (Å²) in [7, 11) is 1.67. The summed E-state index contributed by atoms with van der Waals surface area (Å²) in [6, 6.07) is 6.01. The lowest BCUT2D eigenvalue weighted by atomic mass is 9.86. The van der Waals surface area contributed by atoms with Crippen LogP contribution in [0.4, 0.5) is 0 Å². The highest BCUT2D eigenvalue weighted by atomic mass is 32.2. The average Bonchev–Trinajstić information content (AvgIpc) is 2.69. The lowest BCUT2D eigenvalue weighted by molar-refractivity contribution is 0.0573. The molecule has 1 saturated heterocycles. The standard InChI is InChI=1S/C14H19NO2S/c1-9-6-14(8-18-9)7-12(15)11-4-3-10(16-2)5-13(11)17-14/h3-5,9,12H,6-8,15H2,1-2H3/t9?,12-,14?/m0/s1. The van der Waals surface area contributed by atoms with Gasteiger partial charge in [0.2, 0.25) is 0 Å². The van der Waals surface area contributed by atoms with Crippen molar-refractivity contribution in [2.45, 2.75) is 36.7 Å². The van der Waals surface area contributed by atoms with Gasteiger partial charge in [-0.25, -0.2) is 0 Å². The maximum Gasteiger partial charge on any atom is 0.128 e. The van der Waals surface area contributed by atoms with Crippen LogP contribution in [0.1, 0.15) is 31.4 Å². The van der Waals surface area contributed by atoms with Gasteiger partial charge in [0.15, 0.2) is 0 Å². The number of methoxy groups -OCH3 is 1. The number of hydrogen-bond acceptors (Lipinski definition) is 4. The first kappa shape index (κ1) is 12.2. The van der Waals surface area contributed by atoms with E-state index in [1.807, 2.05) is 30.0 Å². The molecule has 1 fully saturated rings. The van der Waals surface area contributed by atoms with E-state index in [2.05, 4.69) is 6.92 Å². The zero-order valence-corrected chi connectivity index (χ0v) is 11.6. The van der Waals surface area contributed by atoms with Crippen LogP contribution in [0, 0.1) is 0 Å². The van der Waals surface area contributed by atoms with Crippen molar-refractivity contribution in [2.24, 2.45) is 5.73 Å². The van der Waals surface area contributed by atoms with Crippen LogP contribution in [0.5, 0.6) is 11.5 Å². The fourth-order valence-electron chi connectivity index (χ4n) is 2.97. The first-order valence-corrected chi connectivity index (χ1v) is 7.41. The predicted molar refractivity (Wildman–Crippen MR) is 74.4 cm³/mol. The maximum atomic E-state index is 6.31. The number of hydrogen-bond donors (Lipinski definition) is 1. The SMILES string of the molecule is COc1ccc2c(c1)OC1(CSC(C)C1)C[C@@H]2N. The Bertz CT molecular complexity index is 465. The zero-order valence-electron chi connectivity index (χ0n) is 10.8. The predicted octanol–water partition coefficient (Wildman–Crippen LogP) is 2.74. The van der Waals surface area contributed by atoms with Crippen molar-refractivity contribution >= 4 is 11.8 Å². The summed E-state index contributed by atoms with van der Waals surface area (Å²) in [5, 5.41) is 0.657. The van der Waals surface area contributed by atoms with E-state index in [1.165, 1.54) is 0 Å². The molecule has 0 saturated carbocycles. The fraction of sp³-hybridized carbons (Fsp3) is 0.571. The highest BCUT2D eigenvalue weighted by molar-refractivity contribution is 8.00. The monoisotopic (exact) mass is 265 g/mol. The van der Waals surface area contributed by atoms with Crippen LogP contribution in [-0.4, -0.2) is 23.7 Å². The van der Waals surface area contributed by atoms with Gasteiger partial charge in [0.05, 0.1) is 7.11 Å². The third-order valence-corrected chi connectivity index (χ3v) is 5.26. The van der Waals surface area contributed by atoms with E-state index in [0.29, 0.717) is 5.25 Å². The van der Waals surface area contributed by atoms with Crippen molar-refractivity contribution in [3.8, 4) is 11.5 Å². The van der Waals surface area contributed by atoms with Gasteiger partial charge in [0.25, 0.3) is 0 Å². The lowest BCUT2D eigenvalue weighted by Crippen LogP contribution is -2.43. The smallest absolute Gasteiger partial charge is 0.128 e. The van der Waals surface area contributed by atoms with E-state index in [4.69, 9.17) is 15.2 Å². The van der Waals surface area contributed by atoms with Gasteiger partial charge < -0.3 is 15.2 Å². The molecule has 0 amide bonds. The molecule has 3 nitrogen and oxygen atoms in total. The topological polar surface area (TPSA) is 44.5 Å². The molecule has 0 radical (unpaired) electrons. The highest BCUT2D eigenvalue weighted by Gasteiger charge is 2.45. The molecule has 0 bridgehead atoms. The molecule has 3 rings (SSSR count). The number of benzene rings is 1. The summed E-state index contributed by atoms with van der Waals surface area (Å²) in [4.78, 5) is 0. The second-order valence-corrected chi connectivity index (χ2v) is 6.75. The summed E-state index contributed by atoms with van der Waals surface area (Å²) >= 11 is 1.98. The lowest BCUT2D eigenvalue weighted by Gasteiger charge is -2.38. The molecule has 18 heavy (non-hydrogen) atoms. The summed E-state index contributed by atoms with van der Waals surface area (Å²) in [5.41, 5.74) is 7.34. The van der Waals surface area contributed by atoms with Crippen LogP contribution in [0.15, 0.2) is 18.2 Å². The molecule has 2 aliphatic heterocycles. The summed E-state index contributed by atoms with van der Waals surface area (Å²) in [6.07, 6.45) is 2.01. The molecule has 2 N–H and O–H groups in total. The maximum absolute atomic E-state index is 6.31. The second kappa shape index (κ2) is 4.35. The van der Waals surface area contributed by atoms with Crippen molar-refractivity contribution in [2.75, 3.05) is 12.9 Å². The first-order chi connectivity index (χ1) is 8.62. The van der Waals surface area contributed by atoms with E-state index >= 15 is 0 Å². The van der Waals surface area contributed by atoms with Gasteiger partial charge >= 0.3 is 0 Å². The number of fused-ring (bicyclic) bond motifs is 1. The zero-order chi connectivity index (χ0) is 12.8. The largest absolute Gasteiger partial charge is 0.497 e. The van der Waals surface area contributed by atoms with Crippen LogP contribution in [-0.2, 0) is 0 Å². The van der Waals surface area contributed by atoms with Gasteiger partial charge in [-0.2, -0.15) is 11.8 Å². The molecule has 98 valence electrons. The van der Waals surface area contributed by atoms with Crippen molar-refractivity contribution in [1.29, 1.82) is 0 Å². The van der Waals surface area contributed by atoms with Gasteiger partial charge in [-0.3, -0.25) is 0 Å². The Labute approximate surface area is 112 Å². The molecule has 2 unspecified atom stereocenters. The van der Waals surface area contributed by atoms with E-state index in [1.54, 1.807) is 7.11 Å². The molecule has 0 aliphatic carbocycles. The highest BCUT2D eigenvalue weighted by Crippen LogP contribution is 2.48. The second-order valence-electron chi connectivity index (χ2n) is 5.33. The van der Waals surface area contributed by atoms with Crippen LogP contribution in [0.25, 0.3) is 0 Å². The summed E-state index contributed by atoms with van der Waals surface area (Å²) in [5.74, 6) is 2.78. The number of ether oxygens (including phenoxy) is 2. The molecule has 1 aromatic carbocycles. The Hall–Kier alpha value is -0.870. The van der Waals surface area contributed by atoms with Crippen LogP contribution in [0.2, 0.25) is 0 Å². The Morgan fingerprint density at radius 1 is 1.44 bits per heavy atom. The molecule has 1 aromatic rings. The molecular formula is C14H19NO2S. The molecular weight excluding hydrogens is 246 g/mol. The van der Waals surface area contributed by atoms with Gasteiger partial charge in [0.1, 0.15) is 17.1 Å². The molecule has 0 aromatic heterocycles. The molecule has 2 aliphatic rings. The minimum Gasteiger partial charge on any atom is -0.497 e. The van der Waals surface area contributed by atoms with Crippen molar-refractivity contribution in [3.05, 3.63) is 23.8 Å². The summed E-state index contributed by atoms with van der Waals surface area (Å²) in [6.45, 7) is 2.26. The van der Waals surface area contributed by atoms with Crippen molar-refractivity contribution in [1.82, 2.24) is 0 Å². The van der Waals surface area contributed by atoms with Crippen LogP contribution < -0.4 is 15.2 Å². The number of rotatable bonds is 1.